The summed E-state index contributed by atoms with van der Waals surface area (Å²) in [6.07, 6.45) is 5.03. The first-order chi connectivity index (χ1) is 13.1. The lowest BCUT2D eigenvalue weighted by Gasteiger charge is -2.35. The summed E-state index contributed by atoms with van der Waals surface area (Å²) in [5.41, 5.74) is 1.33. The van der Waals surface area contributed by atoms with Crippen LogP contribution in [0.15, 0.2) is 36.8 Å². The van der Waals surface area contributed by atoms with Gasteiger partial charge in [-0.05, 0) is 12.1 Å². The fraction of sp³-hybridized carbons (Fsp3) is 0.333. The summed E-state index contributed by atoms with van der Waals surface area (Å²) in [5, 5.41) is 2.90. The Morgan fingerprint density at radius 1 is 1.19 bits per heavy atom. The number of benzene rings is 1. The molecule has 0 bridgehead atoms. The van der Waals surface area contributed by atoms with Crippen molar-refractivity contribution in [1.29, 1.82) is 0 Å². The van der Waals surface area contributed by atoms with Crippen LogP contribution in [0.2, 0.25) is 0 Å². The third-order valence-corrected chi connectivity index (χ3v) is 4.74. The van der Waals surface area contributed by atoms with Gasteiger partial charge in [-0.25, -0.2) is 9.78 Å². The molecule has 9 heteroatoms. The van der Waals surface area contributed by atoms with Gasteiger partial charge in [0.1, 0.15) is 11.6 Å². The van der Waals surface area contributed by atoms with Gasteiger partial charge in [0.05, 0.1) is 11.9 Å². The van der Waals surface area contributed by atoms with Gasteiger partial charge in [0.25, 0.3) is 5.91 Å². The maximum Gasteiger partial charge on any atom is 0.321 e. The highest BCUT2D eigenvalue weighted by Crippen LogP contribution is 2.33. The van der Waals surface area contributed by atoms with E-state index in [1.54, 1.807) is 53.6 Å². The van der Waals surface area contributed by atoms with Gasteiger partial charge in [0.2, 0.25) is 0 Å². The number of ether oxygens (including phenoxy) is 1. The fourth-order valence-electron chi connectivity index (χ4n) is 3.15. The van der Waals surface area contributed by atoms with Gasteiger partial charge in [-0.3, -0.25) is 9.78 Å². The molecule has 1 aromatic heterocycles. The molecule has 1 fully saturated rings. The lowest BCUT2D eigenvalue weighted by Crippen LogP contribution is -2.50. The van der Waals surface area contributed by atoms with E-state index in [9.17, 15) is 9.59 Å². The number of anilines is 3. The molecule has 1 saturated heterocycles. The van der Waals surface area contributed by atoms with Crippen LogP contribution in [0.3, 0.4) is 0 Å². The topological polar surface area (TPSA) is 90.9 Å². The normalized spacial score (nSPS) is 16.6. The maximum atomic E-state index is 12.6. The van der Waals surface area contributed by atoms with Gasteiger partial charge in [-0.2, -0.15) is 0 Å². The summed E-state index contributed by atoms with van der Waals surface area (Å²) in [7, 11) is 1.71. The molecule has 2 aliphatic heterocycles. The largest absolute Gasteiger partial charge is 0.481 e. The SMILES string of the molecule is CN1C(=O)COc2cc(NC(=O)N3CCN(c4cnccn4)CC3)ccc21. The minimum absolute atomic E-state index is 0.00520. The molecule has 3 amide bonds. The molecule has 2 aromatic rings. The molecular weight excluding hydrogens is 348 g/mol. The van der Waals surface area contributed by atoms with Crippen molar-refractivity contribution in [3.8, 4) is 5.75 Å². The molecule has 27 heavy (non-hydrogen) atoms. The van der Waals surface area contributed by atoms with Gasteiger partial charge >= 0.3 is 6.03 Å². The van der Waals surface area contributed by atoms with E-state index in [-0.39, 0.29) is 18.5 Å². The first-order valence-corrected chi connectivity index (χ1v) is 8.72. The molecule has 0 unspecified atom stereocenters. The molecule has 0 spiro atoms. The summed E-state index contributed by atoms with van der Waals surface area (Å²) >= 11 is 0. The second kappa shape index (κ2) is 7.10. The van der Waals surface area contributed by atoms with Crippen LogP contribution in [0.4, 0.5) is 22.0 Å². The average molecular weight is 368 g/mol. The zero-order valence-corrected chi connectivity index (χ0v) is 15.0. The number of piperazine rings is 1. The Morgan fingerprint density at radius 3 is 2.74 bits per heavy atom. The molecule has 0 atom stereocenters. The number of urea groups is 1. The molecular formula is C18H20N6O3. The van der Waals surface area contributed by atoms with Crippen molar-refractivity contribution in [3.63, 3.8) is 0 Å². The Labute approximate surface area is 156 Å². The average Bonchev–Trinajstić information content (AvgIpc) is 2.71. The third-order valence-electron chi connectivity index (χ3n) is 4.74. The van der Waals surface area contributed by atoms with Crippen LogP contribution < -0.4 is 19.9 Å². The predicted molar refractivity (Wildman–Crippen MR) is 100 cm³/mol. The van der Waals surface area contributed by atoms with E-state index in [0.717, 1.165) is 5.82 Å². The van der Waals surface area contributed by atoms with Gasteiger partial charge in [0, 0.05) is 57.4 Å². The van der Waals surface area contributed by atoms with Crippen molar-refractivity contribution in [3.05, 3.63) is 36.8 Å². The smallest absolute Gasteiger partial charge is 0.321 e. The van der Waals surface area contributed by atoms with Gasteiger partial charge in [-0.1, -0.05) is 0 Å². The second-order valence-electron chi connectivity index (χ2n) is 6.39. The van der Waals surface area contributed by atoms with Gasteiger partial charge < -0.3 is 24.8 Å². The number of carbonyl (C=O) groups is 2. The minimum atomic E-state index is -0.158. The van der Waals surface area contributed by atoms with Crippen molar-refractivity contribution in [2.24, 2.45) is 0 Å². The standard InChI is InChI=1S/C18H20N6O3/c1-22-14-3-2-13(10-15(14)27-12-17(22)25)21-18(26)24-8-6-23(7-9-24)16-11-19-4-5-20-16/h2-5,10-11H,6-9,12H2,1H3,(H,21,26). The van der Waals surface area contributed by atoms with Gasteiger partial charge in [-0.15, -0.1) is 0 Å². The summed E-state index contributed by atoms with van der Waals surface area (Å²) < 4.78 is 5.46. The van der Waals surface area contributed by atoms with Crippen molar-refractivity contribution < 1.29 is 14.3 Å². The van der Waals surface area contributed by atoms with E-state index < -0.39 is 0 Å². The molecule has 3 heterocycles. The van der Waals surface area contributed by atoms with Crippen molar-refractivity contribution in [2.45, 2.75) is 0 Å². The zero-order valence-electron chi connectivity index (χ0n) is 15.0. The number of nitrogens with zero attached hydrogens (tertiary/aromatic N) is 5. The number of rotatable bonds is 2. The minimum Gasteiger partial charge on any atom is -0.481 e. The number of likely N-dealkylation sites (N-methyl/N-ethyl adjacent to an activating group) is 1. The Kier molecular flexibility index (Phi) is 4.49. The highest BCUT2D eigenvalue weighted by atomic mass is 16.5. The first-order valence-electron chi connectivity index (χ1n) is 8.72. The van der Waals surface area contributed by atoms with Crippen LogP contribution in [0.5, 0.6) is 5.75 Å². The van der Waals surface area contributed by atoms with E-state index >= 15 is 0 Å². The molecule has 1 aromatic carbocycles. The Bertz CT molecular complexity index is 851. The van der Waals surface area contributed by atoms with Gasteiger partial charge in [0.15, 0.2) is 6.61 Å². The number of amides is 3. The molecule has 1 N–H and O–H groups in total. The molecule has 0 aliphatic carbocycles. The van der Waals surface area contributed by atoms with E-state index in [1.807, 2.05) is 0 Å². The van der Waals surface area contributed by atoms with E-state index in [2.05, 4.69) is 20.2 Å². The maximum absolute atomic E-state index is 12.6. The summed E-state index contributed by atoms with van der Waals surface area (Å²) in [5.74, 6) is 1.31. The fourth-order valence-corrected chi connectivity index (χ4v) is 3.15. The Balaban J connectivity index is 1.37. The molecule has 9 nitrogen and oxygen atoms in total. The second-order valence-corrected chi connectivity index (χ2v) is 6.39. The number of carbonyl (C=O) groups excluding carboxylic acids is 2. The summed E-state index contributed by atoms with van der Waals surface area (Å²) in [6, 6.07) is 5.12. The van der Waals surface area contributed by atoms with Crippen LogP contribution in [-0.2, 0) is 4.79 Å². The van der Waals surface area contributed by atoms with E-state index in [4.69, 9.17) is 4.74 Å². The molecule has 4 rings (SSSR count). The zero-order chi connectivity index (χ0) is 18.8. The highest BCUT2D eigenvalue weighted by molar-refractivity contribution is 5.98. The highest BCUT2D eigenvalue weighted by Gasteiger charge is 2.24. The third kappa shape index (κ3) is 3.48. The van der Waals surface area contributed by atoms with E-state index in [1.165, 1.54) is 0 Å². The van der Waals surface area contributed by atoms with Crippen molar-refractivity contribution >= 4 is 29.1 Å². The predicted octanol–water partition coefficient (Wildman–Crippen LogP) is 1.19. The first kappa shape index (κ1) is 17.1. The monoisotopic (exact) mass is 368 g/mol. The molecule has 0 saturated carbocycles. The summed E-state index contributed by atoms with van der Waals surface area (Å²) in [6.45, 7) is 2.60. The van der Waals surface area contributed by atoms with Crippen molar-refractivity contribution in [1.82, 2.24) is 14.9 Å². The van der Waals surface area contributed by atoms with E-state index in [0.29, 0.717) is 43.3 Å². The Hall–Kier alpha value is -3.36. The van der Waals surface area contributed by atoms with Crippen LogP contribution in [0.1, 0.15) is 0 Å². The van der Waals surface area contributed by atoms with Crippen molar-refractivity contribution in [2.75, 3.05) is 55.0 Å². The number of hydrogen-bond donors (Lipinski definition) is 1. The number of fused-ring (bicyclic) bond motifs is 1. The molecule has 2 aliphatic rings. The lowest BCUT2D eigenvalue weighted by atomic mass is 10.2. The number of hydrogen-bond acceptors (Lipinski definition) is 6. The quantitative estimate of drug-likeness (QED) is 0.856. The molecule has 0 radical (unpaired) electrons. The summed E-state index contributed by atoms with van der Waals surface area (Å²) in [4.78, 5) is 38.0. The molecule has 140 valence electrons. The van der Waals surface area contributed by atoms with Crippen LogP contribution in [-0.4, -0.2) is 66.6 Å². The van der Waals surface area contributed by atoms with Crippen LogP contribution >= 0.6 is 0 Å². The lowest BCUT2D eigenvalue weighted by molar-refractivity contribution is -0.120. The Morgan fingerprint density at radius 2 is 2.00 bits per heavy atom. The number of nitrogens with one attached hydrogen (secondary N) is 1. The van der Waals surface area contributed by atoms with Crippen LogP contribution in [0.25, 0.3) is 0 Å². The number of aromatic nitrogens is 2. The van der Waals surface area contributed by atoms with Crippen LogP contribution in [0, 0.1) is 0 Å².